The molecule has 0 bridgehead atoms. The number of rotatable bonds is 5. The van der Waals surface area contributed by atoms with E-state index in [9.17, 15) is 13.2 Å². The molecule has 0 aliphatic rings. The number of esters is 1. The minimum absolute atomic E-state index is 0.0636. The van der Waals surface area contributed by atoms with Crippen molar-refractivity contribution in [3.63, 3.8) is 0 Å². The molecular weight excluding hydrogens is 326 g/mol. The van der Waals surface area contributed by atoms with Gasteiger partial charge in [-0.3, -0.25) is 0 Å². The Morgan fingerprint density at radius 1 is 1.08 bits per heavy atom. The van der Waals surface area contributed by atoms with Crippen LogP contribution in [0.2, 0.25) is 0 Å². The van der Waals surface area contributed by atoms with Gasteiger partial charge in [-0.25, -0.2) is 17.5 Å². The molecule has 0 radical (unpaired) electrons. The van der Waals surface area contributed by atoms with Crippen molar-refractivity contribution >= 4 is 16.0 Å². The van der Waals surface area contributed by atoms with Gasteiger partial charge in [0.2, 0.25) is 10.0 Å². The molecule has 0 amide bonds. The maximum atomic E-state index is 12.2. The molecule has 0 spiro atoms. The van der Waals surface area contributed by atoms with E-state index in [1.807, 2.05) is 32.0 Å². The fraction of sp³-hybridized carbons (Fsp3) is 0.278. The van der Waals surface area contributed by atoms with Gasteiger partial charge in [0, 0.05) is 14.1 Å². The molecule has 0 aliphatic heterocycles. The molecule has 0 N–H and O–H groups in total. The number of ether oxygens (including phenoxy) is 1. The summed E-state index contributed by atoms with van der Waals surface area (Å²) in [6.07, 6.45) is 0. The molecule has 0 saturated carbocycles. The maximum Gasteiger partial charge on any atom is 0.338 e. The molecule has 6 heteroatoms. The highest BCUT2D eigenvalue weighted by Gasteiger charge is 2.19. The smallest absolute Gasteiger partial charge is 0.338 e. The van der Waals surface area contributed by atoms with E-state index >= 15 is 0 Å². The van der Waals surface area contributed by atoms with E-state index in [-0.39, 0.29) is 17.1 Å². The molecule has 128 valence electrons. The SMILES string of the molecule is Cc1ccc(C)c(COC(=O)c2cccc(S(=O)(=O)N(C)C)c2)c1. The van der Waals surface area contributed by atoms with Gasteiger partial charge in [-0.2, -0.15) is 0 Å². The molecule has 0 unspecified atom stereocenters. The van der Waals surface area contributed by atoms with Gasteiger partial charge in [0.15, 0.2) is 0 Å². The summed E-state index contributed by atoms with van der Waals surface area (Å²) in [7, 11) is -0.696. The van der Waals surface area contributed by atoms with Crippen LogP contribution in [-0.4, -0.2) is 32.8 Å². The molecule has 24 heavy (non-hydrogen) atoms. The highest BCUT2D eigenvalue weighted by atomic mass is 32.2. The number of nitrogens with zero attached hydrogens (tertiary/aromatic N) is 1. The van der Waals surface area contributed by atoms with E-state index in [1.54, 1.807) is 6.07 Å². The second kappa shape index (κ2) is 7.15. The summed E-state index contributed by atoms with van der Waals surface area (Å²) in [5.74, 6) is -0.549. The van der Waals surface area contributed by atoms with Gasteiger partial charge in [-0.1, -0.05) is 29.8 Å². The quantitative estimate of drug-likeness (QED) is 0.780. The summed E-state index contributed by atoms with van der Waals surface area (Å²) in [5.41, 5.74) is 3.27. The van der Waals surface area contributed by atoms with Crippen LogP contribution in [-0.2, 0) is 21.4 Å². The number of sulfonamides is 1. The Labute approximate surface area is 142 Å². The zero-order valence-corrected chi connectivity index (χ0v) is 15.1. The van der Waals surface area contributed by atoms with Crippen LogP contribution in [0.15, 0.2) is 47.4 Å². The van der Waals surface area contributed by atoms with Gasteiger partial charge in [-0.15, -0.1) is 0 Å². The van der Waals surface area contributed by atoms with Crippen molar-refractivity contribution in [1.29, 1.82) is 0 Å². The molecule has 0 aliphatic carbocycles. The number of benzene rings is 2. The first-order valence-corrected chi connectivity index (χ1v) is 8.91. The summed E-state index contributed by atoms with van der Waals surface area (Å²) in [6.45, 7) is 4.07. The predicted octanol–water partition coefficient (Wildman–Crippen LogP) is 2.91. The summed E-state index contributed by atoms with van der Waals surface area (Å²) in [4.78, 5) is 12.3. The van der Waals surface area contributed by atoms with Gasteiger partial charge in [0.05, 0.1) is 10.5 Å². The highest BCUT2D eigenvalue weighted by molar-refractivity contribution is 7.89. The lowest BCUT2D eigenvalue weighted by atomic mass is 10.1. The van der Waals surface area contributed by atoms with Crippen molar-refractivity contribution in [1.82, 2.24) is 4.31 Å². The van der Waals surface area contributed by atoms with E-state index in [2.05, 4.69) is 0 Å². The van der Waals surface area contributed by atoms with Crippen molar-refractivity contribution in [3.05, 3.63) is 64.7 Å². The second-order valence-corrected chi connectivity index (χ2v) is 7.97. The molecule has 2 aromatic carbocycles. The molecule has 5 nitrogen and oxygen atoms in total. The summed E-state index contributed by atoms with van der Waals surface area (Å²) in [5, 5.41) is 0. The minimum Gasteiger partial charge on any atom is -0.457 e. The van der Waals surface area contributed by atoms with Crippen LogP contribution in [0.25, 0.3) is 0 Å². The Bertz CT molecular complexity index is 857. The Kier molecular flexibility index (Phi) is 5.41. The van der Waals surface area contributed by atoms with Crippen molar-refractivity contribution in [2.45, 2.75) is 25.3 Å². The maximum absolute atomic E-state index is 12.2. The Morgan fingerprint density at radius 3 is 2.46 bits per heavy atom. The van der Waals surface area contributed by atoms with Crippen LogP contribution in [0.4, 0.5) is 0 Å². The molecule has 2 rings (SSSR count). The first kappa shape index (κ1) is 18.2. The highest BCUT2D eigenvalue weighted by Crippen LogP contribution is 2.17. The Hall–Kier alpha value is -2.18. The monoisotopic (exact) mass is 347 g/mol. The van der Waals surface area contributed by atoms with Crippen LogP contribution in [0.5, 0.6) is 0 Å². The average molecular weight is 347 g/mol. The van der Waals surface area contributed by atoms with Crippen LogP contribution >= 0.6 is 0 Å². The molecule has 0 aromatic heterocycles. The number of hydrogen-bond acceptors (Lipinski definition) is 4. The summed E-state index contributed by atoms with van der Waals surface area (Å²) < 4.78 is 30.7. The minimum atomic E-state index is -3.59. The van der Waals surface area contributed by atoms with Gasteiger partial charge >= 0.3 is 5.97 Å². The third-order valence-corrected chi connectivity index (χ3v) is 5.52. The fourth-order valence-corrected chi connectivity index (χ4v) is 3.12. The standard InChI is InChI=1S/C18H21NO4S/c1-13-8-9-14(2)16(10-13)12-23-18(20)15-6-5-7-17(11-15)24(21,22)19(3)4/h5-11H,12H2,1-4H3. The predicted molar refractivity (Wildman–Crippen MR) is 92.4 cm³/mol. The van der Waals surface area contributed by atoms with Crippen molar-refractivity contribution < 1.29 is 17.9 Å². The van der Waals surface area contributed by atoms with Gasteiger partial charge in [0.25, 0.3) is 0 Å². The number of carbonyl (C=O) groups excluding carboxylic acids is 1. The molecule has 2 aromatic rings. The normalized spacial score (nSPS) is 11.5. The first-order chi connectivity index (χ1) is 11.2. The average Bonchev–Trinajstić information content (AvgIpc) is 2.55. The third-order valence-electron chi connectivity index (χ3n) is 3.71. The van der Waals surface area contributed by atoms with Crippen molar-refractivity contribution in [2.24, 2.45) is 0 Å². The van der Waals surface area contributed by atoms with E-state index in [0.29, 0.717) is 0 Å². The number of carbonyl (C=O) groups is 1. The van der Waals surface area contributed by atoms with Gasteiger partial charge in [-0.05, 0) is 43.2 Å². The molecule has 0 heterocycles. The van der Waals surface area contributed by atoms with Crippen LogP contribution in [0.1, 0.15) is 27.0 Å². The zero-order chi connectivity index (χ0) is 17.9. The molecular formula is C18H21NO4S. The first-order valence-electron chi connectivity index (χ1n) is 7.47. The van der Waals surface area contributed by atoms with Crippen LogP contribution < -0.4 is 0 Å². The van der Waals surface area contributed by atoms with Gasteiger partial charge in [0.1, 0.15) is 6.61 Å². The van der Waals surface area contributed by atoms with Crippen molar-refractivity contribution in [2.75, 3.05) is 14.1 Å². The van der Waals surface area contributed by atoms with Crippen LogP contribution in [0, 0.1) is 13.8 Å². The van der Waals surface area contributed by atoms with Crippen molar-refractivity contribution in [3.8, 4) is 0 Å². The molecule has 0 saturated heterocycles. The van der Waals surface area contributed by atoms with E-state index in [1.165, 1.54) is 32.3 Å². The summed E-state index contributed by atoms with van der Waals surface area (Å²) in [6, 6.07) is 11.8. The third kappa shape index (κ3) is 4.01. The Balaban J connectivity index is 2.18. The Morgan fingerprint density at radius 2 is 1.79 bits per heavy atom. The zero-order valence-electron chi connectivity index (χ0n) is 14.2. The van der Waals surface area contributed by atoms with Gasteiger partial charge < -0.3 is 4.74 Å². The number of hydrogen-bond donors (Lipinski definition) is 0. The summed E-state index contributed by atoms with van der Waals surface area (Å²) >= 11 is 0. The lowest BCUT2D eigenvalue weighted by Gasteiger charge is -2.12. The molecule has 0 atom stereocenters. The van der Waals surface area contributed by atoms with E-state index in [0.717, 1.165) is 21.0 Å². The second-order valence-electron chi connectivity index (χ2n) is 5.82. The largest absolute Gasteiger partial charge is 0.457 e. The fourth-order valence-electron chi connectivity index (χ4n) is 2.18. The topological polar surface area (TPSA) is 63.7 Å². The van der Waals surface area contributed by atoms with E-state index in [4.69, 9.17) is 4.74 Å². The molecule has 0 fully saturated rings. The lowest BCUT2D eigenvalue weighted by Crippen LogP contribution is -2.22. The number of aryl methyl sites for hydroxylation is 2. The lowest BCUT2D eigenvalue weighted by molar-refractivity contribution is 0.0471. The van der Waals surface area contributed by atoms with E-state index < -0.39 is 16.0 Å². The van der Waals surface area contributed by atoms with Crippen LogP contribution in [0.3, 0.4) is 0 Å².